The van der Waals surface area contributed by atoms with Crippen LogP contribution in [0, 0.1) is 0 Å². The second kappa shape index (κ2) is 7.89. The van der Waals surface area contributed by atoms with Gasteiger partial charge in [-0.25, -0.2) is 8.42 Å². The van der Waals surface area contributed by atoms with Crippen molar-refractivity contribution in [2.75, 3.05) is 31.1 Å². The van der Waals surface area contributed by atoms with Crippen LogP contribution in [-0.2, 0) is 26.0 Å². The van der Waals surface area contributed by atoms with E-state index < -0.39 is 10.0 Å². The lowest BCUT2D eigenvalue weighted by Crippen LogP contribution is -2.35. The third-order valence-corrected chi connectivity index (χ3v) is 7.80. The summed E-state index contributed by atoms with van der Waals surface area (Å²) < 4.78 is 33.0. The van der Waals surface area contributed by atoms with E-state index >= 15 is 0 Å². The van der Waals surface area contributed by atoms with Gasteiger partial charge in [0.05, 0.1) is 11.0 Å². The van der Waals surface area contributed by atoms with E-state index in [1.165, 1.54) is 0 Å². The van der Waals surface area contributed by atoms with E-state index in [0.29, 0.717) is 37.4 Å². The first-order valence-corrected chi connectivity index (χ1v) is 11.5. The van der Waals surface area contributed by atoms with Gasteiger partial charge in [-0.3, -0.25) is 4.79 Å². The summed E-state index contributed by atoms with van der Waals surface area (Å²) in [5, 5.41) is 0. The van der Waals surface area contributed by atoms with Crippen LogP contribution in [0.1, 0.15) is 50.5 Å². The van der Waals surface area contributed by atoms with E-state index in [-0.39, 0.29) is 12.0 Å². The van der Waals surface area contributed by atoms with Crippen molar-refractivity contribution in [1.82, 2.24) is 4.31 Å². The standard InChI is InChI=1S/C20H28N2O4S/c23-20(9-6-17-5-4-14-26-17)22-13-10-16-15-18(7-8-19(16)22)27(24,25)21-11-2-1-3-12-21/h7-8,15,17H,1-6,9-14H2. The fourth-order valence-electron chi connectivity index (χ4n) is 4.34. The second-order valence-corrected chi connectivity index (χ2v) is 9.66. The summed E-state index contributed by atoms with van der Waals surface area (Å²) in [5.41, 5.74) is 1.82. The molecule has 0 spiro atoms. The maximum atomic E-state index is 12.9. The molecule has 7 heteroatoms. The number of hydrogen-bond donors (Lipinski definition) is 0. The Balaban J connectivity index is 1.46. The Hall–Kier alpha value is -1.44. The predicted octanol–water partition coefficient (Wildman–Crippen LogP) is 2.71. The van der Waals surface area contributed by atoms with Crippen LogP contribution in [-0.4, -0.2) is 51.0 Å². The lowest BCUT2D eigenvalue weighted by atomic mass is 10.1. The van der Waals surface area contributed by atoms with Crippen LogP contribution in [0.4, 0.5) is 5.69 Å². The fourth-order valence-corrected chi connectivity index (χ4v) is 5.91. The minimum atomic E-state index is -3.43. The Morgan fingerprint density at radius 1 is 1.11 bits per heavy atom. The number of rotatable bonds is 5. The molecule has 1 amide bonds. The first kappa shape index (κ1) is 18.9. The molecule has 1 unspecified atom stereocenters. The van der Waals surface area contributed by atoms with Gasteiger partial charge in [0.2, 0.25) is 15.9 Å². The molecule has 0 N–H and O–H groups in total. The van der Waals surface area contributed by atoms with Gasteiger partial charge in [0.15, 0.2) is 0 Å². The molecule has 4 rings (SSSR count). The van der Waals surface area contributed by atoms with E-state index in [4.69, 9.17) is 4.74 Å². The molecule has 6 nitrogen and oxygen atoms in total. The lowest BCUT2D eigenvalue weighted by Gasteiger charge is -2.26. The van der Waals surface area contributed by atoms with E-state index in [2.05, 4.69) is 0 Å². The van der Waals surface area contributed by atoms with Gasteiger partial charge < -0.3 is 9.64 Å². The Kier molecular flexibility index (Phi) is 5.53. The van der Waals surface area contributed by atoms with Gasteiger partial charge in [0.25, 0.3) is 0 Å². The van der Waals surface area contributed by atoms with Gasteiger partial charge in [-0.15, -0.1) is 0 Å². The SMILES string of the molecule is O=C(CCC1CCCO1)N1CCc2cc(S(=O)(=O)N3CCCCC3)ccc21. The topological polar surface area (TPSA) is 66.9 Å². The molecule has 2 saturated heterocycles. The number of amides is 1. The number of nitrogens with zero attached hydrogens (tertiary/aromatic N) is 2. The third-order valence-electron chi connectivity index (χ3n) is 5.90. The van der Waals surface area contributed by atoms with Gasteiger partial charge in [-0.2, -0.15) is 4.31 Å². The van der Waals surface area contributed by atoms with Crippen LogP contribution in [0.2, 0.25) is 0 Å². The summed E-state index contributed by atoms with van der Waals surface area (Å²) >= 11 is 0. The lowest BCUT2D eigenvalue weighted by molar-refractivity contribution is -0.119. The van der Waals surface area contributed by atoms with Gasteiger partial charge in [0.1, 0.15) is 0 Å². The Labute approximate surface area is 161 Å². The molecule has 0 bridgehead atoms. The van der Waals surface area contributed by atoms with Gasteiger partial charge in [-0.05, 0) is 62.3 Å². The third kappa shape index (κ3) is 3.91. The first-order valence-electron chi connectivity index (χ1n) is 10.1. The number of carbonyl (C=O) groups is 1. The molecule has 1 aromatic rings. The van der Waals surface area contributed by atoms with E-state index in [1.54, 1.807) is 16.4 Å². The number of carbonyl (C=O) groups excluding carboxylic acids is 1. The molecule has 3 aliphatic rings. The molecule has 3 aliphatic heterocycles. The number of benzene rings is 1. The molecule has 27 heavy (non-hydrogen) atoms. The van der Waals surface area contributed by atoms with Crippen LogP contribution in [0.5, 0.6) is 0 Å². The van der Waals surface area contributed by atoms with Crippen LogP contribution in [0.25, 0.3) is 0 Å². The normalized spacial score (nSPS) is 23.6. The highest BCUT2D eigenvalue weighted by Crippen LogP contribution is 2.32. The number of ether oxygens (including phenoxy) is 1. The van der Waals surface area contributed by atoms with E-state index in [1.807, 2.05) is 11.0 Å². The smallest absolute Gasteiger partial charge is 0.243 e. The number of piperidine rings is 1. The molecule has 2 fully saturated rings. The molecular weight excluding hydrogens is 364 g/mol. The number of fused-ring (bicyclic) bond motifs is 1. The predicted molar refractivity (Wildman–Crippen MR) is 103 cm³/mol. The average molecular weight is 393 g/mol. The van der Waals surface area contributed by atoms with Gasteiger partial charge >= 0.3 is 0 Å². The van der Waals surface area contributed by atoms with Crippen molar-refractivity contribution in [2.45, 2.75) is 62.4 Å². The highest BCUT2D eigenvalue weighted by atomic mass is 32.2. The maximum absolute atomic E-state index is 12.9. The molecule has 0 aromatic heterocycles. The quantitative estimate of drug-likeness (QED) is 0.773. The molecule has 1 aromatic carbocycles. The molecule has 0 radical (unpaired) electrons. The van der Waals surface area contributed by atoms with Crippen molar-refractivity contribution < 1.29 is 17.9 Å². The summed E-state index contributed by atoms with van der Waals surface area (Å²) in [6.07, 6.45) is 7.26. The van der Waals surface area contributed by atoms with Crippen molar-refractivity contribution in [2.24, 2.45) is 0 Å². The Morgan fingerprint density at radius 3 is 2.67 bits per heavy atom. The summed E-state index contributed by atoms with van der Waals surface area (Å²) in [6.45, 7) is 2.65. The zero-order valence-electron chi connectivity index (χ0n) is 15.7. The minimum absolute atomic E-state index is 0.107. The summed E-state index contributed by atoms with van der Waals surface area (Å²) in [5.74, 6) is 0.107. The van der Waals surface area contributed by atoms with Crippen molar-refractivity contribution in [3.8, 4) is 0 Å². The van der Waals surface area contributed by atoms with Crippen LogP contribution < -0.4 is 4.90 Å². The fraction of sp³-hybridized carbons (Fsp3) is 0.650. The summed E-state index contributed by atoms with van der Waals surface area (Å²) in [4.78, 5) is 14.8. The zero-order valence-corrected chi connectivity index (χ0v) is 16.5. The van der Waals surface area contributed by atoms with Gasteiger partial charge in [0, 0.05) is 38.3 Å². The van der Waals surface area contributed by atoms with Crippen LogP contribution in [0.15, 0.2) is 23.1 Å². The number of hydrogen-bond acceptors (Lipinski definition) is 4. The van der Waals surface area contributed by atoms with Crippen molar-refractivity contribution >= 4 is 21.6 Å². The molecule has 1 atom stereocenters. The average Bonchev–Trinajstić information content (AvgIpc) is 3.36. The van der Waals surface area contributed by atoms with Crippen molar-refractivity contribution in [3.63, 3.8) is 0 Å². The van der Waals surface area contributed by atoms with Gasteiger partial charge in [-0.1, -0.05) is 6.42 Å². The maximum Gasteiger partial charge on any atom is 0.243 e. The van der Waals surface area contributed by atoms with Crippen LogP contribution in [0.3, 0.4) is 0 Å². The van der Waals surface area contributed by atoms with Crippen molar-refractivity contribution in [1.29, 1.82) is 0 Å². The minimum Gasteiger partial charge on any atom is -0.378 e. The molecule has 3 heterocycles. The molecule has 0 aliphatic carbocycles. The Morgan fingerprint density at radius 2 is 1.93 bits per heavy atom. The Bertz CT molecular complexity index is 796. The summed E-state index contributed by atoms with van der Waals surface area (Å²) in [6, 6.07) is 5.24. The number of anilines is 1. The molecular formula is C20H28N2O4S. The molecule has 0 saturated carbocycles. The number of sulfonamides is 1. The molecule has 148 valence electrons. The largest absolute Gasteiger partial charge is 0.378 e. The van der Waals surface area contributed by atoms with E-state index in [0.717, 1.165) is 56.4 Å². The highest BCUT2D eigenvalue weighted by molar-refractivity contribution is 7.89. The van der Waals surface area contributed by atoms with Crippen LogP contribution >= 0.6 is 0 Å². The van der Waals surface area contributed by atoms with E-state index in [9.17, 15) is 13.2 Å². The second-order valence-electron chi connectivity index (χ2n) is 7.72. The zero-order chi connectivity index (χ0) is 18.9. The van der Waals surface area contributed by atoms with Crippen molar-refractivity contribution in [3.05, 3.63) is 23.8 Å². The highest BCUT2D eigenvalue weighted by Gasteiger charge is 2.30. The monoisotopic (exact) mass is 392 g/mol. The first-order chi connectivity index (χ1) is 13.1. The summed E-state index contributed by atoms with van der Waals surface area (Å²) in [7, 11) is -3.43.